The number of carbonyl (C=O) groups excluding carboxylic acids is 3. The number of nitrogens with one attached hydrogen (secondary N) is 2. The van der Waals surface area contributed by atoms with E-state index >= 15 is 0 Å². The molecule has 0 fully saturated rings. The molecular formula is C40H51N3O11S. The standard InChI is InChI=1S/C40H51N3O11S/c1-11-41-39-43-28-25-26-32(47)22(7)35-27(25)37(49)40(9,54-35)52-16-15-24(51-10)19(4)34(53-23(8)44)21(6)31(46)20(5)30(45)17(2)13-12-14-18(3)38(50)42-29(33(26)48)36(28)55-39/h12-17,19-21,24,30-31,34,45-48H,11H2,1-10H3,(H,41,43)(H,42,50)/b13-12+,16-15+,18-14-. The average Bonchev–Trinajstić information content (AvgIpc) is 3.68. The van der Waals surface area contributed by atoms with E-state index in [9.17, 15) is 34.8 Å². The number of rotatable bonds is 4. The number of nitrogens with zero attached hydrogens (tertiary/aromatic N) is 1. The summed E-state index contributed by atoms with van der Waals surface area (Å²) < 4.78 is 24.1. The average molecular weight is 782 g/mol. The lowest BCUT2D eigenvalue weighted by Crippen LogP contribution is -2.46. The summed E-state index contributed by atoms with van der Waals surface area (Å²) in [5, 5.41) is 52.6. The van der Waals surface area contributed by atoms with Crippen molar-refractivity contribution >= 4 is 60.8 Å². The predicted octanol–water partition coefficient (Wildman–Crippen LogP) is 6.09. The van der Waals surface area contributed by atoms with Gasteiger partial charge in [0.25, 0.3) is 11.7 Å². The van der Waals surface area contributed by atoms with Crippen molar-refractivity contribution in [1.82, 2.24) is 4.98 Å². The molecule has 2 aliphatic rings. The van der Waals surface area contributed by atoms with E-state index in [4.69, 9.17) is 23.9 Å². The van der Waals surface area contributed by atoms with Gasteiger partial charge in [-0.1, -0.05) is 57.3 Å². The minimum Gasteiger partial charge on any atom is -0.507 e. The number of hydrogen-bond acceptors (Lipinski definition) is 14. The Balaban J connectivity index is 1.72. The van der Waals surface area contributed by atoms with Crippen LogP contribution in [0.3, 0.4) is 0 Å². The van der Waals surface area contributed by atoms with Crippen LogP contribution in [0.15, 0.2) is 36.1 Å². The lowest BCUT2D eigenvalue weighted by atomic mass is 9.78. The number of ether oxygens (including phenoxy) is 4. The molecule has 0 spiro atoms. The number of carbonyl (C=O) groups is 3. The van der Waals surface area contributed by atoms with Gasteiger partial charge >= 0.3 is 11.8 Å². The van der Waals surface area contributed by atoms with Gasteiger partial charge in [-0.25, -0.2) is 4.98 Å². The molecule has 1 aromatic heterocycles. The predicted molar refractivity (Wildman–Crippen MR) is 209 cm³/mol. The molecule has 0 radical (unpaired) electrons. The summed E-state index contributed by atoms with van der Waals surface area (Å²) in [4.78, 5) is 45.1. The molecule has 4 bridgehead atoms. The number of aliphatic hydroxyl groups is 2. The maximum atomic E-state index is 14.4. The zero-order valence-electron chi connectivity index (χ0n) is 32.7. The van der Waals surface area contributed by atoms with Gasteiger partial charge in [-0.2, -0.15) is 0 Å². The summed E-state index contributed by atoms with van der Waals surface area (Å²) in [5.74, 6) is -6.85. The van der Waals surface area contributed by atoms with Crippen LogP contribution >= 0.6 is 11.3 Å². The number of fused-ring (bicyclic) bond motifs is 1. The number of methoxy groups -OCH3 is 1. The zero-order valence-corrected chi connectivity index (χ0v) is 33.5. The van der Waals surface area contributed by atoms with Crippen LogP contribution in [0.4, 0.5) is 10.8 Å². The van der Waals surface area contributed by atoms with Crippen molar-refractivity contribution in [3.8, 4) is 17.2 Å². The third kappa shape index (κ3) is 7.62. The molecule has 55 heavy (non-hydrogen) atoms. The van der Waals surface area contributed by atoms with Gasteiger partial charge in [-0.05, 0) is 26.8 Å². The fourth-order valence-electron chi connectivity index (χ4n) is 7.35. The van der Waals surface area contributed by atoms with Crippen LogP contribution in [0, 0.1) is 30.6 Å². The maximum Gasteiger partial charge on any atom is 0.312 e. The number of aromatic nitrogens is 1. The largest absolute Gasteiger partial charge is 0.507 e. The molecule has 298 valence electrons. The van der Waals surface area contributed by atoms with E-state index in [1.807, 2.05) is 6.92 Å². The number of esters is 1. The van der Waals surface area contributed by atoms with Crippen molar-refractivity contribution in [2.75, 3.05) is 24.3 Å². The Kier molecular flexibility index (Phi) is 12.2. The first-order chi connectivity index (χ1) is 25.9. The Morgan fingerprint density at radius 2 is 1.73 bits per heavy atom. The monoisotopic (exact) mass is 781 g/mol. The van der Waals surface area contributed by atoms with Crippen molar-refractivity contribution in [1.29, 1.82) is 0 Å². The summed E-state index contributed by atoms with van der Waals surface area (Å²) in [6.07, 6.45) is 3.91. The molecule has 9 atom stereocenters. The van der Waals surface area contributed by atoms with Crippen LogP contribution in [0.25, 0.3) is 21.0 Å². The molecule has 0 saturated carbocycles. The molecule has 0 saturated heterocycles. The Morgan fingerprint density at radius 1 is 1.04 bits per heavy atom. The number of anilines is 2. The molecule has 5 rings (SSSR count). The number of thiazole rings is 1. The quantitative estimate of drug-likeness (QED) is 0.131. The molecule has 2 aliphatic heterocycles. The highest BCUT2D eigenvalue weighted by molar-refractivity contribution is 7.23. The molecule has 2 aromatic carbocycles. The first kappa shape index (κ1) is 41.5. The van der Waals surface area contributed by atoms with Gasteiger partial charge in [-0.15, -0.1) is 0 Å². The van der Waals surface area contributed by atoms with Gasteiger partial charge in [0.1, 0.15) is 23.3 Å². The summed E-state index contributed by atoms with van der Waals surface area (Å²) >= 11 is 1.15. The fraction of sp³-hybridized carbons (Fsp3) is 0.500. The normalized spacial score (nSPS) is 31.4. The molecular weight excluding hydrogens is 731 g/mol. The third-order valence-electron chi connectivity index (χ3n) is 10.7. The molecule has 3 heterocycles. The van der Waals surface area contributed by atoms with Gasteiger partial charge in [0.2, 0.25) is 0 Å². The van der Waals surface area contributed by atoms with Crippen LogP contribution in [0.1, 0.15) is 71.3 Å². The zero-order chi connectivity index (χ0) is 40.7. The summed E-state index contributed by atoms with van der Waals surface area (Å²) in [6.45, 7) is 15.2. The number of Topliss-reactive ketones (excluding diaryl/α,β-unsaturated/α-hetero) is 1. The first-order valence-electron chi connectivity index (χ1n) is 18.3. The molecule has 14 nitrogen and oxygen atoms in total. The Morgan fingerprint density at radius 3 is 2.36 bits per heavy atom. The number of allylic oxidation sites excluding steroid dienone is 2. The van der Waals surface area contributed by atoms with Gasteiger partial charge in [-0.3, -0.25) is 14.4 Å². The van der Waals surface area contributed by atoms with Crippen molar-refractivity contribution in [3.63, 3.8) is 0 Å². The van der Waals surface area contributed by atoms with Gasteiger partial charge in [0.15, 0.2) is 10.9 Å². The number of aromatic hydroxyl groups is 2. The second-order valence-corrected chi connectivity index (χ2v) is 15.6. The van der Waals surface area contributed by atoms with Crippen LogP contribution in [0.5, 0.6) is 17.2 Å². The SMILES string of the molecule is CCNc1nc2c(s1)c1c(O)c3c(O)c(C)c4c(c32)C(=O)C(C)(O/C=C/C(OC)C(C)C(OC(C)=O)C(C)C(O)C(C)C(O)C(C)/C=C/C=C(/C)C(=O)N1)O4. The summed E-state index contributed by atoms with van der Waals surface area (Å²) in [6, 6.07) is 0. The fourth-order valence-corrected chi connectivity index (χ4v) is 8.39. The number of benzene rings is 2. The van der Waals surface area contributed by atoms with Crippen LogP contribution < -0.4 is 15.4 Å². The van der Waals surface area contributed by atoms with Crippen molar-refractivity contribution in [2.24, 2.45) is 23.7 Å². The van der Waals surface area contributed by atoms with Gasteiger partial charge in [0, 0.05) is 67.7 Å². The van der Waals surface area contributed by atoms with Gasteiger partial charge < -0.3 is 50.0 Å². The number of phenols is 2. The molecule has 1 amide bonds. The number of ketones is 1. The molecule has 0 aliphatic carbocycles. The Labute approximate surface area is 323 Å². The second kappa shape index (κ2) is 16.2. The third-order valence-corrected chi connectivity index (χ3v) is 11.7. The maximum absolute atomic E-state index is 14.4. The van der Waals surface area contributed by atoms with Crippen molar-refractivity contribution in [2.45, 2.75) is 92.5 Å². The van der Waals surface area contributed by atoms with E-state index in [1.165, 1.54) is 40.2 Å². The number of amides is 1. The number of hydrogen-bond donors (Lipinski definition) is 6. The highest BCUT2D eigenvalue weighted by Crippen LogP contribution is 2.55. The molecule has 15 heteroatoms. The lowest BCUT2D eigenvalue weighted by molar-refractivity contribution is -0.160. The highest BCUT2D eigenvalue weighted by atomic mass is 32.1. The smallest absolute Gasteiger partial charge is 0.312 e. The number of aliphatic hydroxyl groups excluding tert-OH is 2. The first-order valence-corrected chi connectivity index (χ1v) is 19.1. The summed E-state index contributed by atoms with van der Waals surface area (Å²) in [7, 11) is 1.46. The molecule has 9 unspecified atom stereocenters. The van der Waals surface area contributed by atoms with Crippen molar-refractivity contribution in [3.05, 3.63) is 47.3 Å². The van der Waals surface area contributed by atoms with Gasteiger partial charge in [0.05, 0.1) is 45.7 Å². The van der Waals surface area contributed by atoms with E-state index in [-0.39, 0.29) is 50.2 Å². The van der Waals surface area contributed by atoms with E-state index in [0.717, 1.165) is 11.3 Å². The lowest BCUT2D eigenvalue weighted by Gasteiger charge is -2.38. The van der Waals surface area contributed by atoms with E-state index in [0.29, 0.717) is 16.4 Å². The van der Waals surface area contributed by atoms with Crippen LogP contribution in [-0.2, 0) is 23.8 Å². The summed E-state index contributed by atoms with van der Waals surface area (Å²) in [5.41, 5.74) is 0.669. The number of phenolic OH excluding ortho intramolecular Hbond substituents is 2. The minimum absolute atomic E-state index is 0.00388. The van der Waals surface area contributed by atoms with E-state index in [1.54, 1.807) is 52.8 Å². The molecule has 6 N–H and O–H groups in total. The Hall–Kier alpha value is -4.70. The Bertz CT molecular complexity index is 2090. The highest BCUT2D eigenvalue weighted by Gasteiger charge is 2.49. The van der Waals surface area contributed by atoms with Crippen LogP contribution in [0.2, 0.25) is 0 Å². The van der Waals surface area contributed by atoms with E-state index in [2.05, 4.69) is 10.6 Å². The van der Waals surface area contributed by atoms with E-state index < -0.39 is 77.3 Å². The van der Waals surface area contributed by atoms with Crippen LogP contribution in [-0.4, -0.2) is 86.9 Å². The minimum atomic E-state index is -1.94. The topological polar surface area (TPSA) is 206 Å². The second-order valence-electron chi connectivity index (χ2n) is 14.6. The molecule has 3 aromatic rings. The van der Waals surface area contributed by atoms with Crippen molar-refractivity contribution < 1.29 is 53.8 Å².